The standard InChI is InChI=1S/C7H3F2NOS/c8-3-1-2-4-6(5(3)9)11-7(12)10-4/h1-2H,(H,10,12). The Hall–Kier alpha value is -1.23. The number of hydrogen-bond donors (Lipinski definition) is 1. The number of rotatable bonds is 0. The first-order chi connectivity index (χ1) is 5.68. The number of halogens is 2. The number of H-pyrrole nitrogens is 1. The van der Waals surface area contributed by atoms with E-state index in [2.05, 4.69) is 17.2 Å². The Labute approximate surface area is 70.8 Å². The molecule has 2 rings (SSSR count). The number of oxazole rings is 1. The van der Waals surface area contributed by atoms with Crippen molar-refractivity contribution < 1.29 is 13.2 Å². The van der Waals surface area contributed by atoms with Gasteiger partial charge in [-0.05, 0) is 24.4 Å². The molecule has 1 heterocycles. The highest BCUT2D eigenvalue weighted by Gasteiger charge is 2.10. The van der Waals surface area contributed by atoms with E-state index in [1.807, 2.05) is 0 Å². The summed E-state index contributed by atoms with van der Waals surface area (Å²) in [5, 5.41) is 0. The predicted molar refractivity (Wildman–Crippen MR) is 41.3 cm³/mol. The summed E-state index contributed by atoms with van der Waals surface area (Å²) in [6.45, 7) is 0. The molecule has 0 unspecified atom stereocenters. The predicted octanol–water partition coefficient (Wildman–Crippen LogP) is 2.77. The highest BCUT2D eigenvalue weighted by Crippen LogP contribution is 2.19. The van der Waals surface area contributed by atoms with Crippen molar-refractivity contribution >= 4 is 23.3 Å². The van der Waals surface area contributed by atoms with Crippen LogP contribution < -0.4 is 0 Å². The number of aromatic nitrogens is 1. The summed E-state index contributed by atoms with van der Waals surface area (Å²) in [5.74, 6) is -1.96. The monoisotopic (exact) mass is 187 g/mol. The summed E-state index contributed by atoms with van der Waals surface area (Å²) >= 11 is 4.60. The van der Waals surface area contributed by atoms with E-state index < -0.39 is 11.6 Å². The van der Waals surface area contributed by atoms with Crippen LogP contribution in [0.5, 0.6) is 0 Å². The molecule has 62 valence electrons. The molecule has 5 heteroatoms. The third-order valence-corrected chi connectivity index (χ3v) is 1.67. The van der Waals surface area contributed by atoms with Crippen molar-refractivity contribution in [2.75, 3.05) is 0 Å². The molecule has 0 radical (unpaired) electrons. The average Bonchev–Trinajstić information content (AvgIpc) is 2.39. The molecule has 0 bridgehead atoms. The summed E-state index contributed by atoms with van der Waals surface area (Å²) in [5.41, 5.74) is 0.193. The molecule has 0 aliphatic rings. The maximum Gasteiger partial charge on any atom is 0.267 e. The van der Waals surface area contributed by atoms with Crippen LogP contribution in [0, 0.1) is 16.5 Å². The van der Waals surface area contributed by atoms with E-state index in [9.17, 15) is 8.78 Å². The molecule has 0 atom stereocenters. The second kappa shape index (κ2) is 2.38. The van der Waals surface area contributed by atoms with Crippen LogP contribution >= 0.6 is 12.2 Å². The van der Waals surface area contributed by atoms with Crippen LogP contribution in [0.4, 0.5) is 8.78 Å². The highest BCUT2D eigenvalue weighted by atomic mass is 32.1. The molecule has 0 spiro atoms. The molecule has 0 fully saturated rings. The summed E-state index contributed by atoms with van der Waals surface area (Å²) < 4.78 is 30.2. The summed E-state index contributed by atoms with van der Waals surface area (Å²) in [6.07, 6.45) is 0. The number of benzene rings is 1. The van der Waals surface area contributed by atoms with Crippen LogP contribution in [0.1, 0.15) is 0 Å². The van der Waals surface area contributed by atoms with Crippen LogP contribution in [0.25, 0.3) is 11.1 Å². The minimum absolute atomic E-state index is 0.0366. The molecular formula is C7H3F2NOS. The minimum atomic E-state index is -1.01. The fourth-order valence-electron chi connectivity index (χ4n) is 0.958. The number of aromatic amines is 1. The molecule has 2 aromatic rings. The van der Waals surface area contributed by atoms with Gasteiger partial charge in [0.15, 0.2) is 11.4 Å². The SMILES string of the molecule is Fc1ccc2[nH]c(=S)oc2c1F. The van der Waals surface area contributed by atoms with Crippen LogP contribution in [-0.4, -0.2) is 4.98 Å². The first-order valence-electron chi connectivity index (χ1n) is 3.15. The van der Waals surface area contributed by atoms with Crippen molar-refractivity contribution in [1.29, 1.82) is 0 Å². The van der Waals surface area contributed by atoms with Gasteiger partial charge in [0.05, 0.1) is 5.52 Å². The molecule has 1 aromatic heterocycles. The smallest absolute Gasteiger partial charge is 0.267 e. The second-order valence-corrected chi connectivity index (χ2v) is 2.62. The lowest BCUT2D eigenvalue weighted by molar-refractivity contribution is 0.487. The first kappa shape index (κ1) is 7.42. The third kappa shape index (κ3) is 0.937. The van der Waals surface area contributed by atoms with Gasteiger partial charge in [-0.1, -0.05) is 0 Å². The summed E-state index contributed by atoms with van der Waals surface area (Å²) in [4.78, 5) is 2.60. The van der Waals surface area contributed by atoms with Gasteiger partial charge in [-0.25, -0.2) is 4.39 Å². The number of hydrogen-bond acceptors (Lipinski definition) is 2. The van der Waals surface area contributed by atoms with Crippen LogP contribution in [0.15, 0.2) is 16.5 Å². The number of fused-ring (bicyclic) bond motifs is 1. The van der Waals surface area contributed by atoms with E-state index in [0.29, 0.717) is 5.52 Å². The zero-order valence-electron chi connectivity index (χ0n) is 5.73. The van der Waals surface area contributed by atoms with E-state index in [1.54, 1.807) is 0 Å². The maximum atomic E-state index is 12.9. The van der Waals surface area contributed by atoms with Crippen LogP contribution in [-0.2, 0) is 0 Å². The topological polar surface area (TPSA) is 28.9 Å². The van der Waals surface area contributed by atoms with Gasteiger partial charge in [-0.2, -0.15) is 4.39 Å². The molecule has 1 aromatic carbocycles. The lowest BCUT2D eigenvalue weighted by Gasteiger charge is -1.90. The zero-order valence-corrected chi connectivity index (χ0v) is 6.54. The Kier molecular flexibility index (Phi) is 1.47. The van der Waals surface area contributed by atoms with Gasteiger partial charge in [0.2, 0.25) is 5.82 Å². The average molecular weight is 187 g/mol. The second-order valence-electron chi connectivity index (χ2n) is 2.25. The van der Waals surface area contributed by atoms with Gasteiger partial charge in [0.25, 0.3) is 4.84 Å². The molecule has 2 nitrogen and oxygen atoms in total. The first-order valence-corrected chi connectivity index (χ1v) is 3.56. The Morgan fingerprint density at radius 3 is 2.83 bits per heavy atom. The van der Waals surface area contributed by atoms with Crippen LogP contribution in [0.3, 0.4) is 0 Å². The molecule has 1 N–H and O–H groups in total. The largest absolute Gasteiger partial charge is 0.426 e. The third-order valence-electron chi connectivity index (χ3n) is 1.48. The number of nitrogens with one attached hydrogen (secondary N) is 1. The van der Waals surface area contributed by atoms with E-state index in [1.165, 1.54) is 6.07 Å². The Morgan fingerprint density at radius 2 is 2.08 bits per heavy atom. The molecule has 0 saturated heterocycles. The zero-order chi connectivity index (χ0) is 8.72. The molecule has 12 heavy (non-hydrogen) atoms. The van der Waals surface area contributed by atoms with Gasteiger partial charge in [0.1, 0.15) is 0 Å². The maximum absolute atomic E-state index is 12.9. The minimum Gasteiger partial charge on any atom is -0.426 e. The van der Waals surface area contributed by atoms with Gasteiger partial charge in [-0.15, -0.1) is 0 Å². The highest BCUT2D eigenvalue weighted by molar-refractivity contribution is 7.71. The summed E-state index contributed by atoms with van der Waals surface area (Å²) in [6, 6.07) is 2.38. The molecule has 0 saturated carbocycles. The van der Waals surface area contributed by atoms with Gasteiger partial charge in [0, 0.05) is 0 Å². The van der Waals surface area contributed by atoms with E-state index in [-0.39, 0.29) is 10.4 Å². The Morgan fingerprint density at radius 1 is 1.33 bits per heavy atom. The van der Waals surface area contributed by atoms with Gasteiger partial charge in [-0.3, -0.25) is 0 Å². The lowest BCUT2D eigenvalue weighted by Crippen LogP contribution is -1.82. The molecule has 0 aliphatic heterocycles. The fourth-order valence-corrected chi connectivity index (χ4v) is 1.15. The summed E-state index contributed by atoms with van der Waals surface area (Å²) in [7, 11) is 0. The Balaban J connectivity index is 2.99. The quantitative estimate of drug-likeness (QED) is 0.642. The molecule has 0 amide bonds. The van der Waals surface area contributed by atoms with E-state index in [4.69, 9.17) is 4.42 Å². The normalized spacial score (nSPS) is 10.8. The fraction of sp³-hybridized carbons (Fsp3) is 0. The molecular weight excluding hydrogens is 184 g/mol. The van der Waals surface area contributed by atoms with Gasteiger partial charge < -0.3 is 9.40 Å². The van der Waals surface area contributed by atoms with Crippen molar-refractivity contribution in [3.63, 3.8) is 0 Å². The van der Waals surface area contributed by atoms with E-state index >= 15 is 0 Å². The molecule has 0 aliphatic carbocycles. The van der Waals surface area contributed by atoms with Crippen molar-refractivity contribution in [1.82, 2.24) is 4.98 Å². The van der Waals surface area contributed by atoms with E-state index in [0.717, 1.165) is 6.07 Å². The van der Waals surface area contributed by atoms with Gasteiger partial charge >= 0.3 is 0 Å². The lowest BCUT2D eigenvalue weighted by atomic mass is 10.3. The van der Waals surface area contributed by atoms with Crippen molar-refractivity contribution in [2.45, 2.75) is 0 Å². The van der Waals surface area contributed by atoms with Crippen LogP contribution in [0.2, 0.25) is 0 Å². The van der Waals surface area contributed by atoms with Crippen molar-refractivity contribution in [2.24, 2.45) is 0 Å². The van der Waals surface area contributed by atoms with Crippen molar-refractivity contribution in [3.8, 4) is 0 Å². The van der Waals surface area contributed by atoms with Crippen molar-refractivity contribution in [3.05, 3.63) is 28.6 Å². The Bertz CT molecular complexity index is 488.